The van der Waals surface area contributed by atoms with Gasteiger partial charge in [-0.3, -0.25) is 4.79 Å². The third kappa shape index (κ3) is 2.53. The van der Waals surface area contributed by atoms with Gasteiger partial charge in [-0.05, 0) is 92.3 Å². The van der Waals surface area contributed by atoms with E-state index in [1.807, 2.05) is 0 Å². The van der Waals surface area contributed by atoms with Gasteiger partial charge >= 0.3 is 5.97 Å². The summed E-state index contributed by atoms with van der Waals surface area (Å²) in [6.07, 6.45) is 15.0. The van der Waals surface area contributed by atoms with Crippen LogP contribution in [0.1, 0.15) is 97.8 Å². The molecule has 0 spiro atoms. The molecule has 0 heterocycles. The van der Waals surface area contributed by atoms with Gasteiger partial charge in [-0.25, -0.2) is 0 Å². The average molecular weight is 361 g/mol. The number of carbonyl (C=O) groups is 1. The van der Waals surface area contributed by atoms with E-state index in [9.17, 15) is 9.90 Å². The van der Waals surface area contributed by atoms with Gasteiger partial charge in [-0.2, -0.15) is 0 Å². The fourth-order valence-electron chi connectivity index (χ4n) is 8.96. The maximum atomic E-state index is 12.6. The van der Waals surface area contributed by atoms with Crippen LogP contribution in [0.3, 0.4) is 0 Å². The lowest BCUT2D eigenvalue weighted by molar-refractivity contribution is -0.179. The molecule has 0 aromatic heterocycles. The molecule has 1 unspecified atom stereocenters. The Labute approximate surface area is 160 Å². The van der Waals surface area contributed by atoms with Crippen LogP contribution in [0, 0.1) is 46.3 Å². The third-order valence-electron chi connectivity index (χ3n) is 9.97. The molecule has 26 heavy (non-hydrogen) atoms. The summed E-state index contributed by atoms with van der Waals surface area (Å²) in [7, 11) is 0. The molecule has 0 aliphatic heterocycles. The molecule has 4 rings (SSSR count). The zero-order valence-corrected chi connectivity index (χ0v) is 17.3. The fourth-order valence-corrected chi connectivity index (χ4v) is 8.96. The summed E-state index contributed by atoms with van der Waals surface area (Å²) >= 11 is 0. The lowest BCUT2D eigenvalue weighted by Gasteiger charge is -2.60. The topological polar surface area (TPSA) is 37.3 Å². The summed E-state index contributed by atoms with van der Waals surface area (Å²) in [5.74, 6) is 3.70. The zero-order chi connectivity index (χ0) is 18.5. The molecule has 4 aliphatic carbocycles. The van der Waals surface area contributed by atoms with Crippen molar-refractivity contribution in [3.63, 3.8) is 0 Å². The number of rotatable bonds is 4. The van der Waals surface area contributed by atoms with Crippen molar-refractivity contribution in [3.8, 4) is 0 Å². The molecule has 0 radical (unpaired) electrons. The Morgan fingerprint density at radius 1 is 1.04 bits per heavy atom. The second-order valence-electron chi connectivity index (χ2n) is 10.7. The summed E-state index contributed by atoms with van der Waals surface area (Å²) in [6, 6.07) is 0. The second-order valence-corrected chi connectivity index (χ2v) is 10.7. The van der Waals surface area contributed by atoms with Crippen molar-refractivity contribution < 1.29 is 9.90 Å². The van der Waals surface area contributed by atoms with Gasteiger partial charge in [-0.1, -0.05) is 46.5 Å². The predicted octanol–water partition coefficient (Wildman–Crippen LogP) is 6.54. The number of fused-ring (bicyclic) bond motifs is 5. The molecule has 4 fully saturated rings. The van der Waals surface area contributed by atoms with Gasteiger partial charge in [0.2, 0.25) is 0 Å². The molecule has 2 nitrogen and oxygen atoms in total. The van der Waals surface area contributed by atoms with Crippen molar-refractivity contribution in [3.05, 3.63) is 0 Å². The summed E-state index contributed by atoms with van der Waals surface area (Å²) in [5.41, 5.74) is 0.118. The van der Waals surface area contributed by atoms with E-state index in [0.29, 0.717) is 23.2 Å². The largest absolute Gasteiger partial charge is 0.481 e. The van der Waals surface area contributed by atoms with Crippen LogP contribution in [-0.4, -0.2) is 11.1 Å². The van der Waals surface area contributed by atoms with Gasteiger partial charge in [0, 0.05) is 0 Å². The number of hydrogen-bond donors (Lipinski definition) is 1. The minimum atomic E-state index is -0.436. The third-order valence-corrected chi connectivity index (χ3v) is 9.97. The number of hydrogen-bond acceptors (Lipinski definition) is 1. The summed E-state index contributed by atoms with van der Waals surface area (Å²) < 4.78 is 0. The van der Waals surface area contributed by atoms with E-state index in [0.717, 1.165) is 30.6 Å². The summed E-state index contributed by atoms with van der Waals surface area (Å²) in [6.45, 7) is 7.41. The lowest BCUT2D eigenvalue weighted by Crippen LogP contribution is -2.57. The van der Waals surface area contributed by atoms with Gasteiger partial charge < -0.3 is 5.11 Å². The number of aliphatic carboxylic acids is 1. The molecule has 0 aromatic rings. The Morgan fingerprint density at radius 3 is 2.58 bits per heavy atom. The van der Waals surface area contributed by atoms with E-state index >= 15 is 0 Å². The highest BCUT2D eigenvalue weighted by Crippen LogP contribution is 2.68. The zero-order valence-electron chi connectivity index (χ0n) is 17.3. The maximum absolute atomic E-state index is 12.6. The van der Waals surface area contributed by atoms with Gasteiger partial charge in [0.15, 0.2) is 0 Å². The van der Waals surface area contributed by atoms with Crippen molar-refractivity contribution in [2.24, 2.45) is 46.3 Å². The molecule has 0 saturated heterocycles. The molecule has 4 aliphatic rings. The fraction of sp³-hybridized carbons (Fsp3) is 0.958. The summed E-state index contributed by atoms with van der Waals surface area (Å²) in [4.78, 5) is 12.6. The van der Waals surface area contributed by atoms with Gasteiger partial charge in [0.1, 0.15) is 0 Å². The van der Waals surface area contributed by atoms with Crippen molar-refractivity contribution >= 4 is 5.97 Å². The van der Waals surface area contributed by atoms with Crippen LogP contribution in [-0.2, 0) is 4.79 Å². The molecular weight excluding hydrogens is 320 g/mol. The van der Waals surface area contributed by atoms with Crippen molar-refractivity contribution in [1.82, 2.24) is 0 Å². The molecule has 1 N–H and O–H groups in total. The first-order valence-electron chi connectivity index (χ1n) is 11.7. The summed E-state index contributed by atoms with van der Waals surface area (Å²) in [5, 5.41) is 10.4. The van der Waals surface area contributed by atoms with Crippen LogP contribution >= 0.6 is 0 Å². The Morgan fingerprint density at radius 2 is 1.85 bits per heavy atom. The van der Waals surface area contributed by atoms with E-state index in [1.165, 1.54) is 64.2 Å². The van der Waals surface area contributed by atoms with E-state index in [1.54, 1.807) is 0 Å². The molecule has 4 saturated carbocycles. The molecule has 0 aromatic carbocycles. The molecule has 2 heteroatoms. The molecule has 0 amide bonds. The standard InChI is InChI=1S/C24H40O2/c1-4-7-16(2)19-11-12-20-18-10-9-17-8-5-6-14-24(17,22(25)26)21(18)13-15-23(19,20)3/h16-21H,4-15H2,1-3H3,(H,25,26)/t16-,17?,18+,19-,20+,21+,23-,24-/m1/s1. The molecule has 0 bridgehead atoms. The smallest absolute Gasteiger partial charge is 0.310 e. The molecular formula is C24H40O2. The number of carboxylic acid groups (broad SMARTS) is 1. The average Bonchev–Trinajstić information content (AvgIpc) is 2.98. The van der Waals surface area contributed by atoms with E-state index in [-0.39, 0.29) is 5.41 Å². The van der Waals surface area contributed by atoms with Gasteiger partial charge in [0.25, 0.3) is 0 Å². The second kappa shape index (κ2) is 6.82. The van der Waals surface area contributed by atoms with Crippen LogP contribution in [0.25, 0.3) is 0 Å². The first-order valence-corrected chi connectivity index (χ1v) is 11.7. The van der Waals surface area contributed by atoms with Gasteiger partial charge in [0.05, 0.1) is 5.41 Å². The Bertz CT molecular complexity index is 542. The van der Waals surface area contributed by atoms with Crippen LogP contribution in [0.15, 0.2) is 0 Å². The van der Waals surface area contributed by atoms with Crippen LogP contribution < -0.4 is 0 Å². The van der Waals surface area contributed by atoms with Gasteiger partial charge in [-0.15, -0.1) is 0 Å². The van der Waals surface area contributed by atoms with E-state index in [2.05, 4.69) is 20.8 Å². The first-order chi connectivity index (χ1) is 12.4. The Kier molecular flexibility index (Phi) is 4.93. The number of carboxylic acids is 1. The van der Waals surface area contributed by atoms with Crippen LogP contribution in [0.2, 0.25) is 0 Å². The van der Waals surface area contributed by atoms with Crippen LogP contribution in [0.4, 0.5) is 0 Å². The molecule has 8 atom stereocenters. The quantitative estimate of drug-likeness (QED) is 0.618. The minimum absolute atomic E-state index is 0.365. The monoisotopic (exact) mass is 360 g/mol. The van der Waals surface area contributed by atoms with Crippen molar-refractivity contribution in [2.45, 2.75) is 97.8 Å². The lowest BCUT2D eigenvalue weighted by atomic mass is 9.44. The highest BCUT2D eigenvalue weighted by atomic mass is 16.4. The van der Waals surface area contributed by atoms with E-state index in [4.69, 9.17) is 0 Å². The Balaban J connectivity index is 1.63. The first kappa shape index (κ1) is 18.8. The SMILES string of the molecule is CCC[C@@H](C)[C@H]1CC[C@H]2[C@@H]3CCC4CCCC[C@]4(C(=O)O)[C@H]3CC[C@]12C. The normalized spacial score (nSPS) is 49.0. The minimum Gasteiger partial charge on any atom is -0.481 e. The van der Waals surface area contributed by atoms with E-state index < -0.39 is 5.97 Å². The van der Waals surface area contributed by atoms with Crippen molar-refractivity contribution in [1.29, 1.82) is 0 Å². The highest BCUT2D eigenvalue weighted by Gasteiger charge is 2.63. The Hall–Kier alpha value is -0.530. The molecule has 148 valence electrons. The van der Waals surface area contributed by atoms with Crippen molar-refractivity contribution in [2.75, 3.05) is 0 Å². The maximum Gasteiger partial charge on any atom is 0.310 e. The highest BCUT2D eigenvalue weighted by molar-refractivity contribution is 5.76. The van der Waals surface area contributed by atoms with Crippen LogP contribution in [0.5, 0.6) is 0 Å². The predicted molar refractivity (Wildman–Crippen MR) is 106 cm³/mol.